The van der Waals surface area contributed by atoms with Crippen LogP contribution in [0.4, 0.5) is 13.9 Å². The number of nitrogens with zero attached hydrogens (tertiary/aromatic N) is 5. The fourth-order valence-electron chi connectivity index (χ4n) is 5.04. The van der Waals surface area contributed by atoms with Crippen molar-refractivity contribution >= 4 is 38.4 Å². The molecular formula is C26H23F2N7O3S. The zero-order valence-corrected chi connectivity index (χ0v) is 21.5. The van der Waals surface area contributed by atoms with E-state index in [-0.39, 0.29) is 12.8 Å². The molecule has 39 heavy (non-hydrogen) atoms. The molecular weight excluding hydrogens is 528 g/mol. The van der Waals surface area contributed by atoms with Crippen LogP contribution in [0.5, 0.6) is 0 Å². The Morgan fingerprint density at radius 2 is 1.95 bits per heavy atom. The van der Waals surface area contributed by atoms with E-state index < -0.39 is 34.8 Å². The van der Waals surface area contributed by atoms with E-state index in [0.717, 1.165) is 10.8 Å². The number of halogens is 2. The molecule has 5 heterocycles. The normalized spacial score (nSPS) is 15.5. The number of aromatic amines is 1. The second-order valence-corrected chi connectivity index (χ2v) is 11.1. The molecule has 13 heteroatoms. The molecule has 0 saturated carbocycles. The number of anilines is 1. The van der Waals surface area contributed by atoms with Gasteiger partial charge < -0.3 is 15.7 Å². The van der Waals surface area contributed by atoms with Crippen molar-refractivity contribution in [1.29, 1.82) is 0 Å². The van der Waals surface area contributed by atoms with E-state index in [9.17, 15) is 23.5 Å². The summed E-state index contributed by atoms with van der Waals surface area (Å²) in [5.74, 6) is -2.71. The van der Waals surface area contributed by atoms with Crippen molar-refractivity contribution in [3.63, 3.8) is 0 Å². The number of aromatic nitrogens is 5. The minimum Gasteiger partial charge on any atom is -0.386 e. The zero-order valence-electron chi connectivity index (χ0n) is 20.7. The number of rotatable bonds is 7. The Hall–Kier alpha value is -4.23. The number of hydrogen-bond donors (Lipinski definition) is 3. The predicted octanol–water partition coefficient (Wildman–Crippen LogP) is 2.75. The highest BCUT2D eigenvalue weighted by molar-refractivity contribution is 7.22. The molecule has 1 saturated heterocycles. The van der Waals surface area contributed by atoms with Gasteiger partial charge in [0.1, 0.15) is 11.6 Å². The van der Waals surface area contributed by atoms with E-state index in [4.69, 9.17) is 10.7 Å². The van der Waals surface area contributed by atoms with Crippen molar-refractivity contribution in [3.05, 3.63) is 76.0 Å². The number of amides is 1. The summed E-state index contributed by atoms with van der Waals surface area (Å²) in [6, 6.07) is 8.53. The molecule has 0 spiro atoms. The smallest absolute Gasteiger partial charge is 0.347 e. The summed E-state index contributed by atoms with van der Waals surface area (Å²) in [5, 5.41) is 17.2. The Bertz CT molecular complexity index is 1780. The average molecular weight is 552 g/mol. The van der Waals surface area contributed by atoms with Crippen LogP contribution < -0.4 is 16.3 Å². The van der Waals surface area contributed by atoms with E-state index in [1.165, 1.54) is 27.9 Å². The molecule has 1 aliphatic heterocycles. The van der Waals surface area contributed by atoms with Crippen LogP contribution in [0.2, 0.25) is 0 Å². The van der Waals surface area contributed by atoms with E-state index in [0.29, 0.717) is 51.9 Å². The van der Waals surface area contributed by atoms with Gasteiger partial charge in [0, 0.05) is 35.7 Å². The van der Waals surface area contributed by atoms with Crippen LogP contribution in [-0.2, 0) is 11.2 Å². The topological polar surface area (TPSA) is 142 Å². The summed E-state index contributed by atoms with van der Waals surface area (Å²) in [5.41, 5.74) is 7.29. The molecule has 0 unspecified atom stereocenters. The number of primary amides is 1. The van der Waals surface area contributed by atoms with Gasteiger partial charge in [-0.1, -0.05) is 11.3 Å². The first-order valence-corrected chi connectivity index (χ1v) is 13.0. The number of aliphatic hydroxyl groups is 1. The number of fused-ring (bicyclic) bond motifs is 2. The van der Waals surface area contributed by atoms with E-state index in [1.54, 1.807) is 25.3 Å². The molecule has 0 aliphatic carbocycles. The summed E-state index contributed by atoms with van der Waals surface area (Å²) in [6.07, 6.45) is 1.57. The summed E-state index contributed by atoms with van der Waals surface area (Å²) in [4.78, 5) is 35.9. The molecule has 4 aromatic heterocycles. The summed E-state index contributed by atoms with van der Waals surface area (Å²) in [6.45, 7) is 2.62. The number of H-pyrrole nitrogens is 1. The van der Waals surface area contributed by atoms with Crippen LogP contribution in [0, 0.1) is 11.6 Å². The highest BCUT2D eigenvalue weighted by Crippen LogP contribution is 2.39. The zero-order chi connectivity index (χ0) is 27.5. The first-order valence-electron chi connectivity index (χ1n) is 12.1. The van der Waals surface area contributed by atoms with Gasteiger partial charge in [-0.3, -0.25) is 4.79 Å². The molecule has 6 rings (SSSR count). The Morgan fingerprint density at radius 1 is 1.21 bits per heavy atom. The first-order chi connectivity index (χ1) is 18.5. The van der Waals surface area contributed by atoms with E-state index in [2.05, 4.69) is 15.2 Å². The maximum Gasteiger partial charge on any atom is 0.347 e. The molecule has 5 aromatic rings. The molecule has 1 fully saturated rings. The van der Waals surface area contributed by atoms with Gasteiger partial charge in [0.15, 0.2) is 16.4 Å². The van der Waals surface area contributed by atoms with Crippen molar-refractivity contribution < 1.29 is 18.7 Å². The third kappa shape index (κ3) is 4.86. The number of hydrogen-bond acceptors (Lipinski definition) is 8. The molecule has 10 nitrogen and oxygen atoms in total. The average Bonchev–Trinajstić information content (AvgIpc) is 3.43. The lowest BCUT2D eigenvalue weighted by Gasteiger charge is -2.43. The fraction of sp³-hybridized carbons (Fsp3) is 0.269. The first kappa shape index (κ1) is 25.1. The molecule has 1 aliphatic rings. The standard InChI is InChI=1S/C26H23F2N7O3S/c1-26(38)11-34(12-26)25-31-23-19(39-25)9-18(14-2-3-21-32-33-24(37)35(21)10-14)22(30-23)15(7-20(29)36)4-13-5-16(27)8-17(28)6-13/h2-3,5-6,8-10,15,38H,4,7,11-12H2,1H3,(H2,29,36)(H,33,37)/t15-/m0/s1. The van der Waals surface area contributed by atoms with Gasteiger partial charge in [-0.15, -0.1) is 0 Å². The maximum absolute atomic E-state index is 14.0. The van der Waals surface area contributed by atoms with Gasteiger partial charge in [0.05, 0.1) is 29.1 Å². The highest BCUT2D eigenvalue weighted by atomic mass is 32.1. The molecule has 1 aromatic carbocycles. The molecule has 4 N–H and O–H groups in total. The molecule has 0 radical (unpaired) electrons. The van der Waals surface area contributed by atoms with Gasteiger partial charge in [-0.25, -0.2) is 28.1 Å². The summed E-state index contributed by atoms with van der Waals surface area (Å²) >= 11 is 1.40. The molecule has 0 bridgehead atoms. The number of carbonyl (C=O) groups is 1. The number of β-amino-alcohol motifs (C(OH)–C–C–N with tert-alkyl or cyclic N) is 1. The number of nitrogens with one attached hydrogen (secondary N) is 1. The number of thiazole rings is 1. The lowest BCUT2D eigenvalue weighted by atomic mass is 9.88. The van der Waals surface area contributed by atoms with Crippen molar-refractivity contribution in [2.75, 3.05) is 18.0 Å². The Kier molecular flexibility index (Phi) is 5.92. The summed E-state index contributed by atoms with van der Waals surface area (Å²) < 4.78 is 30.1. The number of pyridine rings is 2. The highest BCUT2D eigenvalue weighted by Gasteiger charge is 2.38. The molecule has 1 amide bonds. The number of carbonyl (C=O) groups excluding carboxylic acids is 1. The van der Waals surface area contributed by atoms with E-state index in [1.807, 2.05) is 11.0 Å². The lowest BCUT2D eigenvalue weighted by molar-refractivity contribution is -0.118. The van der Waals surface area contributed by atoms with E-state index >= 15 is 0 Å². The monoisotopic (exact) mass is 551 g/mol. The molecule has 1 atom stereocenters. The molecule has 200 valence electrons. The van der Waals surface area contributed by atoms with Crippen molar-refractivity contribution in [2.45, 2.75) is 31.3 Å². The third-order valence-corrected chi connectivity index (χ3v) is 7.75. The van der Waals surface area contributed by atoms with Crippen molar-refractivity contribution in [2.24, 2.45) is 5.73 Å². The SMILES string of the molecule is CC1(O)CN(c2nc3nc([C@H](CC(N)=O)Cc4cc(F)cc(F)c4)c(-c4ccc5n[nH]c(=O)n5c4)cc3s2)C1. The largest absolute Gasteiger partial charge is 0.386 e. The minimum atomic E-state index is -0.790. The van der Waals surface area contributed by atoms with Crippen LogP contribution >= 0.6 is 11.3 Å². The second kappa shape index (κ2) is 9.20. The minimum absolute atomic E-state index is 0.0863. The van der Waals surface area contributed by atoms with Gasteiger partial charge in [0.2, 0.25) is 5.91 Å². The fourth-order valence-corrected chi connectivity index (χ4v) is 5.99. The van der Waals surface area contributed by atoms with Gasteiger partial charge in [-0.05, 0) is 49.2 Å². The quantitative estimate of drug-likeness (QED) is 0.282. The Balaban J connectivity index is 1.52. The van der Waals surface area contributed by atoms with Gasteiger partial charge >= 0.3 is 5.69 Å². The van der Waals surface area contributed by atoms with Crippen LogP contribution in [0.15, 0.2) is 47.4 Å². The van der Waals surface area contributed by atoms with Crippen molar-refractivity contribution in [1.82, 2.24) is 24.6 Å². The van der Waals surface area contributed by atoms with Gasteiger partial charge in [0.25, 0.3) is 0 Å². The second-order valence-electron chi connectivity index (χ2n) is 10.1. The number of nitrogens with two attached hydrogens (primary N) is 1. The van der Waals surface area contributed by atoms with Gasteiger partial charge in [-0.2, -0.15) is 10.1 Å². The maximum atomic E-state index is 14.0. The predicted molar refractivity (Wildman–Crippen MR) is 142 cm³/mol. The van der Waals surface area contributed by atoms with Crippen LogP contribution in [-0.4, -0.2) is 54.3 Å². The van der Waals surface area contributed by atoms with Crippen molar-refractivity contribution in [3.8, 4) is 11.1 Å². The third-order valence-electron chi connectivity index (χ3n) is 6.70. The lowest BCUT2D eigenvalue weighted by Crippen LogP contribution is -2.60. The summed E-state index contributed by atoms with van der Waals surface area (Å²) in [7, 11) is 0. The van der Waals surface area contributed by atoms with Crippen LogP contribution in [0.25, 0.3) is 27.1 Å². The van der Waals surface area contributed by atoms with Crippen LogP contribution in [0.3, 0.4) is 0 Å². The van der Waals surface area contributed by atoms with Crippen LogP contribution in [0.1, 0.15) is 30.5 Å². The Labute approximate surface area is 223 Å². The number of benzene rings is 1. The Morgan fingerprint density at radius 3 is 2.64 bits per heavy atom.